The molecular weight excluding hydrogens is 328 g/mol. The molecule has 0 unspecified atom stereocenters. The molecule has 0 fully saturated rings. The van der Waals surface area contributed by atoms with Crippen LogP contribution >= 0.6 is 0 Å². The molecule has 0 radical (unpaired) electrons. The van der Waals surface area contributed by atoms with Crippen LogP contribution in [0.4, 0.5) is 0 Å². The number of carbonyl (C=O) groups excluding carboxylic acids is 2. The molecule has 0 saturated carbocycles. The normalized spacial score (nSPS) is 10.5. The molecule has 0 aliphatic rings. The van der Waals surface area contributed by atoms with Crippen LogP contribution in [0.2, 0.25) is 0 Å². The van der Waals surface area contributed by atoms with Gasteiger partial charge >= 0.3 is 11.9 Å². The lowest BCUT2D eigenvalue weighted by molar-refractivity contribution is -0.132. The molecule has 0 saturated heterocycles. The molecule has 4 heteroatoms. The van der Waals surface area contributed by atoms with E-state index in [0.717, 1.165) is 33.0 Å². The Morgan fingerprint density at radius 2 is 1.19 bits per heavy atom. The molecule has 2 aromatic carbocycles. The van der Waals surface area contributed by atoms with Crippen LogP contribution in [-0.2, 0) is 22.4 Å². The van der Waals surface area contributed by atoms with E-state index in [1.54, 1.807) is 12.2 Å². The van der Waals surface area contributed by atoms with Gasteiger partial charge in [0, 0.05) is 24.6 Å². The predicted molar refractivity (Wildman–Crippen MR) is 104 cm³/mol. The van der Waals surface area contributed by atoms with Crippen LogP contribution < -0.4 is 9.47 Å². The van der Waals surface area contributed by atoms with Crippen LogP contribution in [0.1, 0.15) is 36.1 Å². The summed E-state index contributed by atoms with van der Waals surface area (Å²) in [5, 5.41) is 1.55. The molecule has 0 heterocycles. The number of ether oxygens (including phenoxy) is 2. The number of benzene rings is 2. The molecule has 136 valence electrons. The van der Waals surface area contributed by atoms with Gasteiger partial charge in [0.25, 0.3) is 0 Å². The number of esters is 2. The van der Waals surface area contributed by atoms with Gasteiger partial charge in [0.1, 0.15) is 11.5 Å². The number of rotatable bonds is 6. The molecule has 0 N–H and O–H groups in total. The number of aryl methyl sites for hydroxylation is 2. The average molecular weight is 352 g/mol. The van der Waals surface area contributed by atoms with E-state index in [0.29, 0.717) is 24.3 Å². The minimum atomic E-state index is -0.398. The fourth-order valence-corrected chi connectivity index (χ4v) is 3.22. The molecule has 0 bridgehead atoms. The SMILES string of the molecule is C=CCc1cc(C)c(OC(C)=O)c2c(CC=C)cc(C)c(OC(C)=O)c12. The standard InChI is InChI=1S/C22H24O4/c1-7-9-17-11-13(3)22(26-16(6)24)20-18(10-8-2)12-14(4)21(19(17)20)25-15(5)23/h7-8,11-12H,1-2,9-10H2,3-6H3. The molecule has 0 aliphatic heterocycles. The van der Waals surface area contributed by atoms with Gasteiger partial charge in [0.2, 0.25) is 0 Å². The zero-order chi connectivity index (χ0) is 19.4. The summed E-state index contributed by atoms with van der Waals surface area (Å²) in [6.45, 7) is 14.2. The Bertz CT molecular complexity index is 831. The number of allylic oxidation sites excluding steroid dienone is 2. The lowest BCUT2D eigenvalue weighted by Gasteiger charge is -2.20. The Labute approximate surface area is 154 Å². The van der Waals surface area contributed by atoms with Crippen LogP contribution in [0.15, 0.2) is 37.4 Å². The molecule has 2 aromatic rings. The maximum Gasteiger partial charge on any atom is 0.308 e. The van der Waals surface area contributed by atoms with Gasteiger partial charge in [-0.15, -0.1) is 13.2 Å². The van der Waals surface area contributed by atoms with Gasteiger partial charge in [-0.25, -0.2) is 0 Å². The Morgan fingerprint density at radius 3 is 1.46 bits per heavy atom. The van der Waals surface area contributed by atoms with Gasteiger partial charge in [0.05, 0.1) is 0 Å². The van der Waals surface area contributed by atoms with E-state index in [4.69, 9.17) is 9.47 Å². The van der Waals surface area contributed by atoms with Crippen molar-refractivity contribution >= 4 is 22.7 Å². The number of carbonyl (C=O) groups is 2. The second kappa shape index (κ2) is 8.00. The Kier molecular flexibility index (Phi) is 5.98. The molecule has 0 spiro atoms. The first-order valence-electron chi connectivity index (χ1n) is 8.47. The van der Waals surface area contributed by atoms with Crippen LogP contribution in [0.5, 0.6) is 11.5 Å². The first-order valence-corrected chi connectivity index (χ1v) is 8.47. The van der Waals surface area contributed by atoms with Gasteiger partial charge in [-0.1, -0.05) is 24.3 Å². The maximum atomic E-state index is 11.7. The van der Waals surface area contributed by atoms with E-state index in [1.165, 1.54) is 13.8 Å². The van der Waals surface area contributed by atoms with Gasteiger partial charge in [0.15, 0.2) is 0 Å². The van der Waals surface area contributed by atoms with E-state index in [2.05, 4.69) is 13.2 Å². The summed E-state index contributed by atoms with van der Waals surface area (Å²) in [4.78, 5) is 23.3. The third kappa shape index (κ3) is 3.85. The summed E-state index contributed by atoms with van der Waals surface area (Å²) in [5.74, 6) is 0.186. The van der Waals surface area contributed by atoms with Gasteiger partial charge in [-0.3, -0.25) is 9.59 Å². The smallest absolute Gasteiger partial charge is 0.308 e. The lowest BCUT2D eigenvalue weighted by atomic mass is 9.90. The summed E-state index contributed by atoms with van der Waals surface area (Å²) >= 11 is 0. The predicted octanol–water partition coefficient (Wildman–Crippen LogP) is 4.76. The van der Waals surface area contributed by atoms with Gasteiger partial charge < -0.3 is 9.47 Å². The molecule has 0 aromatic heterocycles. The Morgan fingerprint density at radius 1 is 0.846 bits per heavy atom. The number of hydrogen-bond donors (Lipinski definition) is 0. The molecular formula is C22H24O4. The monoisotopic (exact) mass is 352 g/mol. The van der Waals surface area contributed by atoms with Crippen molar-refractivity contribution in [1.29, 1.82) is 0 Å². The highest BCUT2D eigenvalue weighted by atomic mass is 16.5. The van der Waals surface area contributed by atoms with E-state index >= 15 is 0 Å². The molecule has 4 nitrogen and oxygen atoms in total. The molecule has 0 aliphatic carbocycles. The highest BCUT2D eigenvalue weighted by Gasteiger charge is 2.21. The number of fused-ring (bicyclic) bond motifs is 1. The van der Waals surface area contributed by atoms with Crippen LogP contribution in [-0.4, -0.2) is 11.9 Å². The summed E-state index contributed by atoms with van der Waals surface area (Å²) in [7, 11) is 0. The van der Waals surface area contributed by atoms with E-state index in [1.807, 2.05) is 26.0 Å². The molecule has 0 amide bonds. The van der Waals surface area contributed by atoms with Crippen LogP contribution in [0.25, 0.3) is 10.8 Å². The van der Waals surface area contributed by atoms with E-state index in [-0.39, 0.29) is 0 Å². The fourth-order valence-electron chi connectivity index (χ4n) is 3.22. The largest absolute Gasteiger partial charge is 0.426 e. The van der Waals surface area contributed by atoms with Crippen molar-refractivity contribution in [3.05, 3.63) is 59.7 Å². The zero-order valence-electron chi connectivity index (χ0n) is 15.8. The molecule has 2 rings (SSSR count). The number of hydrogen-bond acceptors (Lipinski definition) is 4. The van der Waals surface area contributed by atoms with Crippen molar-refractivity contribution in [3.8, 4) is 11.5 Å². The minimum absolute atomic E-state index is 0.398. The summed E-state index contributed by atoms with van der Waals surface area (Å²) in [5.41, 5.74) is 3.61. The van der Waals surface area contributed by atoms with Crippen molar-refractivity contribution in [3.63, 3.8) is 0 Å². The van der Waals surface area contributed by atoms with Crippen LogP contribution in [0, 0.1) is 13.8 Å². The Balaban J connectivity index is 3.05. The van der Waals surface area contributed by atoms with Crippen molar-refractivity contribution in [2.45, 2.75) is 40.5 Å². The summed E-state index contributed by atoms with van der Waals surface area (Å²) in [6.07, 6.45) is 4.80. The fraction of sp³-hybridized carbons (Fsp3) is 0.273. The van der Waals surface area contributed by atoms with Crippen molar-refractivity contribution in [2.75, 3.05) is 0 Å². The third-order valence-electron chi connectivity index (χ3n) is 4.06. The molecule has 26 heavy (non-hydrogen) atoms. The maximum absolute atomic E-state index is 11.7. The highest BCUT2D eigenvalue weighted by molar-refractivity contribution is 6.02. The zero-order valence-corrected chi connectivity index (χ0v) is 15.8. The Hall–Kier alpha value is -2.88. The third-order valence-corrected chi connectivity index (χ3v) is 4.06. The second-order valence-corrected chi connectivity index (χ2v) is 6.29. The van der Waals surface area contributed by atoms with Gasteiger partial charge in [-0.05, 0) is 48.9 Å². The average Bonchev–Trinajstić information content (AvgIpc) is 2.53. The van der Waals surface area contributed by atoms with Crippen LogP contribution in [0.3, 0.4) is 0 Å². The molecule has 0 atom stereocenters. The van der Waals surface area contributed by atoms with E-state index < -0.39 is 11.9 Å². The van der Waals surface area contributed by atoms with Crippen molar-refractivity contribution in [2.24, 2.45) is 0 Å². The second-order valence-electron chi connectivity index (χ2n) is 6.29. The first kappa shape index (κ1) is 19.4. The topological polar surface area (TPSA) is 52.6 Å². The quantitative estimate of drug-likeness (QED) is 0.427. The van der Waals surface area contributed by atoms with E-state index in [9.17, 15) is 9.59 Å². The highest BCUT2D eigenvalue weighted by Crippen LogP contribution is 2.42. The lowest BCUT2D eigenvalue weighted by Crippen LogP contribution is -2.09. The van der Waals surface area contributed by atoms with Gasteiger partial charge in [-0.2, -0.15) is 0 Å². The van der Waals surface area contributed by atoms with Crippen molar-refractivity contribution in [1.82, 2.24) is 0 Å². The first-order chi connectivity index (χ1) is 12.3. The minimum Gasteiger partial charge on any atom is -0.426 e. The van der Waals surface area contributed by atoms with Crippen molar-refractivity contribution < 1.29 is 19.1 Å². The summed E-state index contributed by atoms with van der Waals surface area (Å²) < 4.78 is 11.1. The summed E-state index contributed by atoms with van der Waals surface area (Å²) in [6, 6.07) is 3.90.